The summed E-state index contributed by atoms with van der Waals surface area (Å²) in [4.78, 5) is 7.50. The van der Waals surface area contributed by atoms with Gasteiger partial charge in [-0.3, -0.25) is 4.90 Å². The van der Waals surface area contributed by atoms with Crippen molar-refractivity contribution in [3.8, 4) is 0 Å². The maximum absolute atomic E-state index is 5.42. The van der Waals surface area contributed by atoms with Crippen LogP contribution >= 0.6 is 0 Å². The summed E-state index contributed by atoms with van der Waals surface area (Å²) in [7, 11) is 2.21. The lowest BCUT2D eigenvalue weighted by Crippen LogP contribution is -2.44. The zero-order valence-electron chi connectivity index (χ0n) is 13.8. The fraction of sp³-hybridized carbons (Fsp3) is 0.667. The predicted octanol–water partition coefficient (Wildman–Crippen LogP) is 1.70. The van der Waals surface area contributed by atoms with Crippen molar-refractivity contribution in [1.29, 1.82) is 0 Å². The van der Waals surface area contributed by atoms with E-state index in [0.717, 1.165) is 39.4 Å². The lowest BCUT2D eigenvalue weighted by atomic mass is 10.1. The van der Waals surface area contributed by atoms with Crippen LogP contribution in [0, 0.1) is 0 Å². The molecule has 0 unspecified atom stereocenters. The van der Waals surface area contributed by atoms with Gasteiger partial charge in [0.1, 0.15) is 0 Å². The topological polar surface area (TPSA) is 19.0 Å². The van der Waals surface area contributed by atoms with Crippen LogP contribution in [0.15, 0.2) is 24.3 Å². The highest BCUT2D eigenvalue weighted by molar-refractivity contribution is 5.54. The van der Waals surface area contributed by atoms with E-state index in [1.807, 2.05) is 0 Å². The average molecular weight is 303 g/mol. The van der Waals surface area contributed by atoms with Crippen molar-refractivity contribution in [2.45, 2.75) is 12.8 Å². The first-order chi connectivity index (χ1) is 10.8. The number of aryl methyl sites for hydroxylation is 1. The zero-order valence-corrected chi connectivity index (χ0v) is 13.8. The first kappa shape index (κ1) is 15.8. The van der Waals surface area contributed by atoms with Crippen molar-refractivity contribution in [2.24, 2.45) is 0 Å². The van der Waals surface area contributed by atoms with Gasteiger partial charge >= 0.3 is 0 Å². The highest BCUT2D eigenvalue weighted by atomic mass is 16.5. The van der Waals surface area contributed by atoms with Crippen molar-refractivity contribution < 1.29 is 4.74 Å². The van der Waals surface area contributed by atoms with E-state index in [4.69, 9.17) is 4.74 Å². The maximum atomic E-state index is 5.42. The fourth-order valence-corrected chi connectivity index (χ4v) is 3.40. The second-order valence-electron chi connectivity index (χ2n) is 6.48. The van der Waals surface area contributed by atoms with E-state index in [2.05, 4.69) is 46.0 Å². The standard InChI is InChI=1S/C18H29N3O/c1-19-9-11-21(12-10-19)18-7-3-2-5-17(18)6-4-8-20-13-15-22-16-14-20/h2-3,5,7H,4,6,8-16H2,1H3. The van der Waals surface area contributed by atoms with Gasteiger partial charge in [-0.1, -0.05) is 18.2 Å². The molecule has 0 spiro atoms. The molecule has 0 amide bonds. The molecule has 0 radical (unpaired) electrons. The molecule has 2 heterocycles. The molecular weight excluding hydrogens is 274 g/mol. The Morgan fingerprint density at radius 2 is 1.68 bits per heavy atom. The van der Waals surface area contributed by atoms with E-state index in [9.17, 15) is 0 Å². The summed E-state index contributed by atoms with van der Waals surface area (Å²) in [5.41, 5.74) is 2.97. The molecule has 0 N–H and O–H groups in total. The van der Waals surface area contributed by atoms with Crippen molar-refractivity contribution in [3.05, 3.63) is 29.8 Å². The van der Waals surface area contributed by atoms with Crippen LogP contribution in [0.4, 0.5) is 5.69 Å². The van der Waals surface area contributed by atoms with E-state index in [1.54, 1.807) is 0 Å². The lowest BCUT2D eigenvalue weighted by molar-refractivity contribution is 0.0375. The molecule has 122 valence electrons. The van der Waals surface area contributed by atoms with Gasteiger partial charge in [-0.15, -0.1) is 0 Å². The number of hydrogen-bond donors (Lipinski definition) is 0. The molecule has 1 aromatic carbocycles. The van der Waals surface area contributed by atoms with E-state index >= 15 is 0 Å². The van der Waals surface area contributed by atoms with Crippen LogP contribution in [-0.2, 0) is 11.2 Å². The Morgan fingerprint density at radius 1 is 0.955 bits per heavy atom. The number of nitrogens with zero attached hydrogens (tertiary/aromatic N) is 3. The number of para-hydroxylation sites is 1. The van der Waals surface area contributed by atoms with E-state index in [0.29, 0.717) is 0 Å². The van der Waals surface area contributed by atoms with Crippen LogP contribution in [0.25, 0.3) is 0 Å². The third kappa shape index (κ3) is 4.22. The molecular formula is C18H29N3O. The summed E-state index contributed by atoms with van der Waals surface area (Å²) in [6, 6.07) is 8.98. The quantitative estimate of drug-likeness (QED) is 0.824. The van der Waals surface area contributed by atoms with Crippen LogP contribution < -0.4 is 4.90 Å². The summed E-state index contributed by atoms with van der Waals surface area (Å²) in [6.07, 6.45) is 2.42. The summed E-state index contributed by atoms with van der Waals surface area (Å²) < 4.78 is 5.42. The highest BCUT2D eigenvalue weighted by Gasteiger charge is 2.17. The smallest absolute Gasteiger partial charge is 0.0594 e. The monoisotopic (exact) mass is 303 g/mol. The van der Waals surface area contributed by atoms with Crippen molar-refractivity contribution >= 4 is 5.69 Å². The van der Waals surface area contributed by atoms with Gasteiger partial charge in [0.25, 0.3) is 0 Å². The molecule has 4 nitrogen and oxygen atoms in total. The van der Waals surface area contributed by atoms with E-state index in [1.165, 1.54) is 43.7 Å². The normalized spacial score (nSPS) is 21.2. The van der Waals surface area contributed by atoms with Gasteiger partial charge in [0.15, 0.2) is 0 Å². The average Bonchev–Trinajstić information content (AvgIpc) is 2.57. The molecule has 2 saturated heterocycles. The number of rotatable bonds is 5. The number of piperazine rings is 1. The van der Waals surface area contributed by atoms with Gasteiger partial charge in [-0.05, 0) is 38.1 Å². The summed E-state index contributed by atoms with van der Waals surface area (Å²) in [5.74, 6) is 0. The second-order valence-corrected chi connectivity index (χ2v) is 6.48. The molecule has 0 aromatic heterocycles. The van der Waals surface area contributed by atoms with Gasteiger partial charge in [0.2, 0.25) is 0 Å². The van der Waals surface area contributed by atoms with Gasteiger partial charge in [-0.25, -0.2) is 0 Å². The lowest BCUT2D eigenvalue weighted by Gasteiger charge is -2.35. The number of anilines is 1. The zero-order chi connectivity index (χ0) is 15.2. The van der Waals surface area contributed by atoms with Crippen molar-refractivity contribution in [1.82, 2.24) is 9.80 Å². The molecule has 0 atom stereocenters. The molecule has 3 rings (SSSR count). The van der Waals surface area contributed by atoms with E-state index < -0.39 is 0 Å². The van der Waals surface area contributed by atoms with Crippen molar-refractivity contribution in [3.63, 3.8) is 0 Å². The molecule has 2 fully saturated rings. The Bertz CT molecular complexity index is 451. The van der Waals surface area contributed by atoms with Crippen molar-refractivity contribution in [2.75, 3.05) is 71.0 Å². The Balaban J connectivity index is 1.54. The summed E-state index contributed by atoms with van der Waals surface area (Å²) >= 11 is 0. The van der Waals surface area contributed by atoms with Gasteiger partial charge in [0, 0.05) is 45.0 Å². The largest absolute Gasteiger partial charge is 0.379 e. The molecule has 4 heteroatoms. The highest BCUT2D eigenvalue weighted by Crippen LogP contribution is 2.23. The maximum Gasteiger partial charge on any atom is 0.0594 e. The van der Waals surface area contributed by atoms with Gasteiger partial charge in [-0.2, -0.15) is 0 Å². The van der Waals surface area contributed by atoms with Crippen LogP contribution in [-0.4, -0.2) is 75.9 Å². The Kier molecular flexibility index (Phi) is 5.70. The number of hydrogen-bond acceptors (Lipinski definition) is 4. The third-order valence-electron chi connectivity index (χ3n) is 4.86. The number of morpholine rings is 1. The molecule has 0 bridgehead atoms. The van der Waals surface area contributed by atoms with Crippen LogP contribution in [0.3, 0.4) is 0 Å². The molecule has 22 heavy (non-hydrogen) atoms. The molecule has 2 aliphatic rings. The van der Waals surface area contributed by atoms with Gasteiger partial charge < -0.3 is 14.5 Å². The molecule has 1 aromatic rings. The fourth-order valence-electron chi connectivity index (χ4n) is 3.40. The summed E-state index contributed by atoms with van der Waals surface area (Å²) in [5, 5.41) is 0. The first-order valence-corrected chi connectivity index (χ1v) is 8.64. The predicted molar refractivity (Wildman–Crippen MR) is 91.7 cm³/mol. The minimum absolute atomic E-state index is 0.901. The summed E-state index contributed by atoms with van der Waals surface area (Å²) in [6.45, 7) is 9.83. The minimum atomic E-state index is 0.901. The Morgan fingerprint density at radius 3 is 2.45 bits per heavy atom. The SMILES string of the molecule is CN1CCN(c2ccccc2CCCN2CCOCC2)CC1. The Labute approximate surface area is 134 Å². The number of benzene rings is 1. The van der Waals surface area contributed by atoms with Crippen LogP contribution in [0.5, 0.6) is 0 Å². The number of likely N-dealkylation sites (N-methyl/N-ethyl adjacent to an activating group) is 1. The number of ether oxygens (including phenoxy) is 1. The molecule has 2 aliphatic heterocycles. The van der Waals surface area contributed by atoms with Crippen LogP contribution in [0.2, 0.25) is 0 Å². The first-order valence-electron chi connectivity index (χ1n) is 8.64. The Hall–Kier alpha value is -1.10. The van der Waals surface area contributed by atoms with Crippen LogP contribution in [0.1, 0.15) is 12.0 Å². The molecule has 0 aliphatic carbocycles. The second kappa shape index (κ2) is 7.95. The van der Waals surface area contributed by atoms with E-state index in [-0.39, 0.29) is 0 Å². The minimum Gasteiger partial charge on any atom is -0.379 e. The molecule has 0 saturated carbocycles. The third-order valence-corrected chi connectivity index (χ3v) is 4.86. The van der Waals surface area contributed by atoms with Gasteiger partial charge in [0.05, 0.1) is 13.2 Å².